The SMILES string of the molecule is C=CCS[C@@H]1CCC[C@H]1O. The van der Waals surface area contributed by atoms with Crippen LogP contribution in [0.3, 0.4) is 0 Å². The molecule has 0 bridgehead atoms. The van der Waals surface area contributed by atoms with Crippen LogP contribution in [0.5, 0.6) is 0 Å². The Bertz CT molecular complexity index is 114. The summed E-state index contributed by atoms with van der Waals surface area (Å²) in [6.45, 7) is 3.64. The standard InChI is InChI=1S/C8H14OS/c1-2-6-10-8-5-3-4-7(8)9/h2,7-9H,1,3-6H2/t7-,8-/m1/s1. The van der Waals surface area contributed by atoms with E-state index in [2.05, 4.69) is 6.58 Å². The predicted molar refractivity (Wildman–Crippen MR) is 46.3 cm³/mol. The van der Waals surface area contributed by atoms with Crippen molar-refractivity contribution in [2.75, 3.05) is 5.75 Å². The molecule has 0 spiro atoms. The van der Waals surface area contributed by atoms with E-state index in [-0.39, 0.29) is 6.10 Å². The number of rotatable bonds is 3. The number of aliphatic hydroxyl groups excluding tert-OH is 1. The Balaban J connectivity index is 2.19. The van der Waals surface area contributed by atoms with Crippen molar-refractivity contribution >= 4 is 11.8 Å². The molecule has 1 N–H and O–H groups in total. The van der Waals surface area contributed by atoms with E-state index < -0.39 is 0 Å². The average Bonchev–Trinajstić information content (AvgIpc) is 2.31. The van der Waals surface area contributed by atoms with Gasteiger partial charge >= 0.3 is 0 Å². The van der Waals surface area contributed by atoms with Crippen LogP contribution in [-0.2, 0) is 0 Å². The molecule has 1 aliphatic rings. The van der Waals surface area contributed by atoms with Gasteiger partial charge in [-0.15, -0.1) is 6.58 Å². The minimum atomic E-state index is -0.0510. The largest absolute Gasteiger partial charge is 0.392 e. The Kier molecular flexibility index (Phi) is 3.29. The number of hydrogen-bond donors (Lipinski definition) is 1. The minimum Gasteiger partial charge on any atom is -0.392 e. The second-order valence-electron chi connectivity index (χ2n) is 2.66. The van der Waals surface area contributed by atoms with Gasteiger partial charge in [0.2, 0.25) is 0 Å². The summed E-state index contributed by atoms with van der Waals surface area (Å²) in [6.07, 6.45) is 5.21. The third-order valence-electron chi connectivity index (χ3n) is 1.85. The normalized spacial score (nSPS) is 32.5. The summed E-state index contributed by atoms with van der Waals surface area (Å²) in [7, 11) is 0. The highest BCUT2D eigenvalue weighted by Gasteiger charge is 2.24. The maximum atomic E-state index is 9.36. The topological polar surface area (TPSA) is 20.2 Å². The summed E-state index contributed by atoms with van der Waals surface area (Å²) in [4.78, 5) is 0. The first-order valence-electron chi connectivity index (χ1n) is 3.75. The summed E-state index contributed by atoms with van der Waals surface area (Å²) < 4.78 is 0. The molecule has 0 unspecified atom stereocenters. The molecule has 1 aliphatic carbocycles. The molecule has 0 saturated heterocycles. The van der Waals surface area contributed by atoms with Gasteiger partial charge in [0.1, 0.15) is 0 Å². The van der Waals surface area contributed by atoms with Crippen molar-refractivity contribution in [3.63, 3.8) is 0 Å². The molecule has 1 nitrogen and oxygen atoms in total. The highest BCUT2D eigenvalue weighted by molar-refractivity contribution is 8.00. The minimum absolute atomic E-state index is 0.0510. The van der Waals surface area contributed by atoms with Gasteiger partial charge in [0.15, 0.2) is 0 Å². The third-order valence-corrected chi connectivity index (χ3v) is 3.25. The van der Waals surface area contributed by atoms with Crippen molar-refractivity contribution in [1.82, 2.24) is 0 Å². The van der Waals surface area contributed by atoms with Gasteiger partial charge in [-0.25, -0.2) is 0 Å². The molecular formula is C8H14OS. The van der Waals surface area contributed by atoms with E-state index >= 15 is 0 Å². The molecular weight excluding hydrogens is 144 g/mol. The van der Waals surface area contributed by atoms with Crippen LogP contribution in [0.15, 0.2) is 12.7 Å². The number of aliphatic hydroxyl groups is 1. The van der Waals surface area contributed by atoms with Gasteiger partial charge in [0.25, 0.3) is 0 Å². The van der Waals surface area contributed by atoms with Crippen LogP contribution in [0.4, 0.5) is 0 Å². The van der Waals surface area contributed by atoms with Crippen LogP contribution < -0.4 is 0 Å². The molecule has 2 atom stereocenters. The van der Waals surface area contributed by atoms with Crippen molar-refractivity contribution in [3.05, 3.63) is 12.7 Å². The summed E-state index contributed by atoms with van der Waals surface area (Å²) >= 11 is 1.82. The second kappa shape index (κ2) is 4.04. The Morgan fingerprint density at radius 2 is 2.40 bits per heavy atom. The molecule has 0 aromatic rings. The van der Waals surface area contributed by atoms with Gasteiger partial charge < -0.3 is 5.11 Å². The zero-order valence-electron chi connectivity index (χ0n) is 6.12. The lowest BCUT2D eigenvalue weighted by molar-refractivity contribution is 0.188. The van der Waals surface area contributed by atoms with E-state index in [1.54, 1.807) is 0 Å². The lowest BCUT2D eigenvalue weighted by Gasteiger charge is -2.11. The predicted octanol–water partition coefficient (Wildman–Crippen LogP) is 1.82. The number of hydrogen-bond acceptors (Lipinski definition) is 2. The Hall–Kier alpha value is 0.0500. The van der Waals surface area contributed by atoms with Crippen molar-refractivity contribution in [3.8, 4) is 0 Å². The maximum absolute atomic E-state index is 9.36. The molecule has 0 radical (unpaired) electrons. The molecule has 0 amide bonds. The van der Waals surface area contributed by atoms with Gasteiger partial charge in [0.05, 0.1) is 6.10 Å². The zero-order chi connectivity index (χ0) is 7.40. The van der Waals surface area contributed by atoms with E-state index in [0.717, 1.165) is 12.2 Å². The maximum Gasteiger partial charge on any atom is 0.0658 e. The smallest absolute Gasteiger partial charge is 0.0658 e. The van der Waals surface area contributed by atoms with Crippen molar-refractivity contribution in [2.24, 2.45) is 0 Å². The van der Waals surface area contributed by atoms with E-state index in [4.69, 9.17) is 0 Å². The second-order valence-corrected chi connectivity index (χ2v) is 3.93. The van der Waals surface area contributed by atoms with Crippen LogP contribution in [0, 0.1) is 0 Å². The van der Waals surface area contributed by atoms with Crippen molar-refractivity contribution < 1.29 is 5.11 Å². The van der Waals surface area contributed by atoms with Crippen LogP contribution in [-0.4, -0.2) is 22.2 Å². The van der Waals surface area contributed by atoms with Crippen molar-refractivity contribution in [1.29, 1.82) is 0 Å². The summed E-state index contributed by atoms with van der Waals surface area (Å²) in [6, 6.07) is 0. The number of thioether (sulfide) groups is 1. The molecule has 1 fully saturated rings. The zero-order valence-corrected chi connectivity index (χ0v) is 6.94. The van der Waals surface area contributed by atoms with Gasteiger partial charge in [-0.1, -0.05) is 6.08 Å². The molecule has 0 aliphatic heterocycles. The summed E-state index contributed by atoms with van der Waals surface area (Å²) in [5, 5.41) is 9.84. The lowest BCUT2D eigenvalue weighted by Crippen LogP contribution is -2.15. The highest BCUT2D eigenvalue weighted by atomic mass is 32.2. The van der Waals surface area contributed by atoms with Gasteiger partial charge in [0, 0.05) is 11.0 Å². The molecule has 1 saturated carbocycles. The Labute approximate surface area is 66.5 Å². The monoisotopic (exact) mass is 158 g/mol. The quantitative estimate of drug-likeness (QED) is 0.632. The fourth-order valence-corrected chi connectivity index (χ4v) is 2.37. The molecule has 2 heteroatoms. The first-order chi connectivity index (χ1) is 4.84. The molecule has 1 rings (SSSR count). The third kappa shape index (κ3) is 2.03. The first-order valence-corrected chi connectivity index (χ1v) is 4.80. The molecule has 0 heterocycles. The van der Waals surface area contributed by atoms with E-state index in [1.807, 2.05) is 17.8 Å². The summed E-state index contributed by atoms with van der Waals surface area (Å²) in [5.41, 5.74) is 0. The van der Waals surface area contributed by atoms with Gasteiger partial charge in [-0.3, -0.25) is 0 Å². The Morgan fingerprint density at radius 1 is 1.60 bits per heavy atom. The van der Waals surface area contributed by atoms with Crippen LogP contribution in [0.2, 0.25) is 0 Å². The van der Waals surface area contributed by atoms with Crippen molar-refractivity contribution in [2.45, 2.75) is 30.6 Å². The van der Waals surface area contributed by atoms with Gasteiger partial charge in [-0.2, -0.15) is 11.8 Å². The highest BCUT2D eigenvalue weighted by Crippen LogP contribution is 2.29. The Morgan fingerprint density at radius 3 is 2.90 bits per heavy atom. The summed E-state index contributed by atoms with van der Waals surface area (Å²) in [5.74, 6) is 0.974. The molecule has 58 valence electrons. The van der Waals surface area contributed by atoms with Crippen LogP contribution in [0.1, 0.15) is 19.3 Å². The average molecular weight is 158 g/mol. The molecule has 0 aromatic heterocycles. The fraction of sp³-hybridized carbons (Fsp3) is 0.750. The lowest BCUT2D eigenvalue weighted by atomic mass is 10.3. The van der Waals surface area contributed by atoms with E-state index in [0.29, 0.717) is 5.25 Å². The van der Waals surface area contributed by atoms with E-state index in [1.165, 1.54) is 12.8 Å². The first kappa shape index (κ1) is 8.15. The fourth-order valence-electron chi connectivity index (χ4n) is 1.29. The molecule has 10 heavy (non-hydrogen) atoms. The molecule has 0 aromatic carbocycles. The van der Waals surface area contributed by atoms with E-state index in [9.17, 15) is 5.11 Å². The van der Waals surface area contributed by atoms with Crippen LogP contribution in [0.25, 0.3) is 0 Å². The van der Waals surface area contributed by atoms with Gasteiger partial charge in [-0.05, 0) is 19.3 Å². The van der Waals surface area contributed by atoms with Crippen LogP contribution >= 0.6 is 11.8 Å².